The van der Waals surface area contributed by atoms with Crippen molar-refractivity contribution >= 4 is 17.2 Å². The van der Waals surface area contributed by atoms with Crippen molar-refractivity contribution in [2.75, 3.05) is 0 Å². The van der Waals surface area contributed by atoms with Gasteiger partial charge in [-0.15, -0.1) is 0 Å². The molecule has 0 unspecified atom stereocenters. The Balaban J connectivity index is 0.000000143. The first kappa shape index (κ1) is 45.6. The van der Waals surface area contributed by atoms with Crippen molar-refractivity contribution in [1.29, 1.82) is 0 Å². The number of benzene rings is 8. The summed E-state index contributed by atoms with van der Waals surface area (Å²) in [5.74, 6) is 0.0169. The molecule has 0 N–H and O–H groups in total. The smallest absolute Gasteiger partial charge is 0.173 e. The lowest BCUT2D eigenvalue weighted by molar-refractivity contribution is -0.111. The van der Waals surface area contributed by atoms with E-state index < -0.39 is 0 Å². The van der Waals surface area contributed by atoms with Crippen LogP contribution >= 0.6 is 0 Å². The lowest BCUT2D eigenvalue weighted by Gasteiger charge is -2.21. The standard InChI is InChI=1S/C21H20.C16H16.C13H12.C11H13NO/c1-16-8-10-19(11-9-16)21-13-12-20(17(2)14-21)15-18-6-4-3-5-7-18;1-11-8-9-13-12-6-4-5-7-14(12)16(2,3)15(13)10-11;1-11-7-9-13(10-8-11)12-5-3-2-4-6-12;1-8-6-4-5-7-11(8)12-9(2)10(3)13/h3-14H,15H2,1-2H3;4-10H,1-3H3;2-10H,1H3;4-7H,1-3H3. The number of aliphatic imine (C=N–C) groups is 1. The second-order valence-electron chi connectivity index (χ2n) is 17.2. The summed E-state index contributed by atoms with van der Waals surface area (Å²) in [6.07, 6.45) is 1.00. The molecule has 0 saturated heterocycles. The molecule has 0 aromatic heterocycles. The third kappa shape index (κ3) is 12.1. The fourth-order valence-electron chi connectivity index (χ4n) is 7.78. The van der Waals surface area contributed by atoms with Gasteiger partial charge in [-0.2, -0.15) is 0 Å². The van der Waals surface area contributed by atoms with E-state index in [1.54, 1.807) is 6.92 Å². The average molecular weight is 824 g/mol. The van der Waals surface area contributed by atoms with Crippen molar-refractivity contribution in [3.63, 3.8) is 0 Å². The van der Waals surface area contributed by atoms with Gasteiger partial charge in [-0.1, -0.05) is 219 Å². The molecule has 8 aromatic carbocycles. The second-order valence-corrected chi connectivity index (χ2v) is 17.2. The Morgan fingerprint density at radius 3 is 1.54 bits per heavy atom. The van der Waals surface area contributed by atoms with E-state index in [0.29, 0.717) is 5.71 Å². The van der Waals surface area contributed by atoms with Gasteiger partial charge in [0.2, 0.25) is 0 Å². The van der Waals surface area contributed by atoms with Crippen molar-refractivity contribution in [2.24, 2.45) is 4.99 Å². The molecule has 2 heteroatoms. The zero-order chi connectivity index (χ0) is 44.9. The molecular weight excluding hydrogens is 763 g/mol. The predicted octanol–water partition coefficient (Wildman–Crippen LogP) is 16.2. The largest absolute Gasteiger partial charge is 0.293 e. The van der Waals surface area contributed by atoms with E-state index in [2.05, 4.69) is 210 Å². The monoisotopic (exact) mass is 823 g/mol. The Labute approximate surface area is 377 Å². The number of carbonyl (C=O) groups excluding carboxylic acids is 1. The van der Waals surface area contributed by atoms with Crippen LogP contribution in [0.5, 0.6) is 0 Å². The van der Waals surface area contributed by atoms with Gasteiger partial charge in [0, 0.05) is 12.3 Å². The average Bonchev–Trinajstić information content (AvgIpc) is 3.52. The molecule has 0 heterocycles. The fraction of sp³-hybridized carbons (Fsp3) is 0.180. The van der Waals surface area contributed by atoms with E-state index in [4.69, 9.17) is 0 Å². The highest BCUT2D eigenvalue weighted by Gasteiger charge is 2.34. The van der Waals surface area contributed by atoms with Crippen LogP contribution < -0.4 is 0 Å². The predicted molar refractivity (Wildman–Crippen MR) is 271 cm³/mol. The number of para-hydroxylation sites is 1. The summed E-state index contributed by atoms with van der Waals surface area (Å²) in [6, 6.07) is 68.5. The van der Waals surface area contributed by atoms with Crippen molar-refractivity contribution in [1.82, 2.24) is 0 Å². The Kier molecular flexibility index (Phi) is 15.4. The SMILES string of the molecule is CC(=O)C(C)=Nc1ccccc1C.Cc1ccc(-c2ccc(Cc3ccccc3)c(C)c2)cc1.Cc1ccc(-c2ccccc2)cc1.Cc1ccc2c(c1)C(C)(C)c1ccccc1-2. The first-order valence-electron chi connectivity index (χ1n) is 22.0. The van der Waals surface area contributed by atoms with Crippen LogP contribution in [0.2, 0.25) is 0 Å². The Morgan fingerprint density at radius 2 is 0.937 bits per heavy atom. The normalized spacial score (nSPS) is 11.9. The van der Waals surface area contributed by atoms with E-state index in [9.17, 15) is 4.79 Å². The number of aryl methyl sites for hydroxylation is 5. The van der Waals surface area contributed by atoms with Crippen molar-refractivity contribution in [2.45, 2.75) is 74.1 Å². The van der Waals surface area contributed by atoms with Gasteiger partial charge in [-0.05, 0) is 121 Å². The molecule has 0 amide bonds. The maximum Gasteiger partial charge on any atom is 0.173 e. The number of hydrogen-bond donors (Lipinski definition) is 0. The molecule has 1 aliphatic carbocycles. The number of ketones is 1. The molecule has 9 rings (SSSR count). The topological polar surface area (TPSA) is 29.4 Å². The lowest BCUT2D eigenvalue weighted by Crippen LogP contribution is -2.14. The van der Waals surface area contributed by atoms with E-state index in [-0.39, 0.29) is 11.2 Å². The van der Waals surface area contributed by atoms with Crippen LogP contribution in [0.1, 0.15) is 77.8 Å². The number of fused-ring (bicyclic) bond motifs is 3. The molecule has 2 nitrogen and oxygen atoms in total. The van der Waals surface area contributed by atoms with Gasteiger partial charge in [-0.3, -0.25) is 4.79 Å². The second kappa shape index (κ2) is 21.3. The van der Waals surface area contributed by atoms with Gasteiger partial charge in [0.05, 0.1) is 11.4 Å². The number of hydrogen-bond acceptors (Lipinski definition) is 2. The zero-order valence-corrected chi connectivity index (χ0v) is 38.5. The highest BCUT2D eigenvalue weighted by atomic mass is 16.1. The van der Waals surface area contributed by atoms with Gasteiger partial charge in [0.15, 0.2) is 5.78 Å². The quantitative estimate of drug-likeness (QED) is 0.154. The van der Waals surface area contributed by atoms with Crippen LogP contribution in [0.15, 0.2) is 199 Å². The number of rotatable bonds is 6. The summed E-state index contributed by atoms with van der Waals surface area (Å²) in [4.78, 5) is 15.2. The Morgan fingerprint density at radius 1 is 0.444 bits per heavy atom. The van der Waals surface area contributed by atoms with Gasteiger partial charge in [0.25, 0.3) is 0 Å². The van der Waals surface area contributed by atoms with Gasteiger partial charge >= 0.3 is 0 Å². The molecule has 316 valence electrons. The van der Waals surface area contributed by atoms with E-state index in [0.717, 1.165) is 17.7 Å². The summed E-state index contributed by atoms with van der Waals surface area (Å²) in [7, 11) is 0. The van der Waals surface area contributed by atoms with Crippen molar-refractivity contribution in [3.05, 3.63) is 244 Å². The summed E-state index contributed by atoms with van der Waals surface area (Å²) < 4.78 is 0. The molecular formula is C61H61NO. The van der Waals surface area contributed by atoms with Crippen LogP contribution in [0.25, 0.3) is 33.4 Å². The van der Waals surface area contributed by atoms with Gasteiger partial charge < -0.3 is 0 Å². The number of carbonyl (C=O) groups is 1. The maximum atomic E-state index is 10.9. The minimum absolute atomic E-state index is 0.0169. The van der Waals surface area contributed by atoms with E-state index in [1.807, 2.05) is 37.3 Å². The minimum atomic E-state index is 0.0169. The Hall–Kier alpha value is -6.90. The first-order valence-corrected chi connectivity index (χ1v) is 22.0. The van der Waals surface area contributed by atoms with Gasteiger partial charge in [-0.25, -0.2) is 4.99 Å². The van der Waals surface area contributed by atoms with Crippen LogP contribution in [0.4, 0.5) is 5.69 Å². The highest BCUT2D eigenvalue weighted by Crippen LogP contribution is 2.48. The first-order chi connectivity index (χ1) is 30.3. The fourth-order valence-corrected chi connectivity index (χ4v) is 7.78. The van der Waals surface area contributed by atoms with E-state index in [1.165, 1.54) is 84.8 Å². The molecule has 0 saturated carbocycles. The molecule has 0 fully saturated rings. The molecule has 0 radical (unpaired) electrons. The highest BCUT2D eigenvalue weighted by molar-refractivity contribution is 6.38. The van der Waals surface area contributed by atoms with Crippen LogP contribution in [0.3, 0.4) is 0 Å². The summed E-state index contributed by atoms with van der Waals surface area (Å²) in [6.45, 7) is 18.5. The third-order valence-electron chi connectivity index (χ3n) is 11.8. The van der Waals surface area contributed by atoms with Crippen LogP contribution in [-0.4, -0.2) is 11.5 Å². The molecule has 8 aromatic rings. The molecule has 63 heavy (non-hydrogen) atoms. The number of nitrogens with zero attached hydrogens (tertiary/aromatic N) is 1. The molecule has 0 bridgehead atoms. The zero-order valence-electron chi connectivity index (χ0n) is 38.5. The molecule has 1 aliphatic rings. The Bertz CT molecular complexity index is 2780. The molecule has 0 aliphatic heterocycles. The number of Topliss-reactive ketones (excluding diaryl/α,β-unsaturated/α-hetero) is 1. The van der Waals surface area contributed by atoms with Crippen LogP contribution in [0, 0.1) is 34.6 Å². The maximum absolute atomic E-state index is 10.9. The summed E-state index contributed by atoms with van der Waals surface area (Å²) >= 11 is 0. The van der Waals surface area contributed by atoms with Crippen molar-refractivity contribution < 1.29 is 4.79 Å². The summed E-state index contributed by atoms with van der Waals surface area (Å²) in [5.41, 5.74) is 21.6. The third-order valence-corrected chi connectivity index (χ3v) is 11.8. The summed E-state index contributed by atoms with van der Waals surface area (Å²) in [5, 5.41) is 0. The lowest BCUT2D eigenvalue weighted by atomic mass is 9.82. The van der Waals surface area contributed by atoms with E-state index >= 15 is 0 Å². The molecule has 0 atom stereocenters. The van der Waals surface area contributed by atoms with Gasteiger partial charge in [0.1, 0.15) is 0 Å². The molecule has 0 spiro atoms. The van der Waals surface area contributed by atoms with Crippen molar-refractivity contribution in [3.8, 4) is 33.4 Å². The van der Waals surface area contributed by atoms with Crippen LogP contribution in [-0.2, 0) is 16.6 Å². The minimum Gasteiger partial charge on any atom is -0.293 e.